The lowest BCUT2D eigenvalue weighted by atomic mass is 10.1. The zero-order valence-corrected chi connectivity index (χ0v) is 7.39. The van der Waals surface area contributed by atoms with Crippen molar-refractivity contribution in [2.24, 2.45) is 5.92 Å². The normalized spacial score (nSPS) is 43.7. The highest BCUT2D eigenvalue weighted by molar-refractivity contribution is 14.1. The van der Waals surface area contributed by atoms with Gasteiger partial charge in [-0.2, -0.15) is 0 Å². The second-order valence-electron chi connectivity index (χ2n) is 2.94. The van der Waals surface area contributed by atoms with Gasteiger partial charge in [0, 0.05) is 6.04 Å². The van der Waals surface area contributed by atoms with Crippen molar-refractivity contribution >= 4 is 22.6 Å². The quantitative estimate of drug-likeness (QED) is 0.405. The van der Waals surface area contributed by atoms with E-state index >= 15 is 0 Å². The van der Waals surface area contributed by atoms with E-state index in [1.807, 2.05) is 0 Å². The van der Waals surface area contributed by atoms with Gasteiger partial charge in [0.15, 0.2) is 0 Å². The third kappa shape index (κ3) is 1.38. The molecule has 0 aromatic carbocycles. The maximum absolute atomic E-state index is 3.31. The Hall–Kier alpha value is 0.650. The van der Waals surface area contributed by atoms with Gasteiger partial charge in [0.25, 0.3) is 0 Å². The molecule has 1 saturated heterocycles. The summed E-state index contributed by atoms with van der Waals surface area (Å²) >= 11 is 2.43. The largest absolute Gasteiger partial charge is 0.253 e. The fourth-order valence-electron chi connectivity index (χ4n) is 1.35. The van der Waals surface area contributed by atoms with Crippen LogP contribution in [-0.4, -0.2) is 10.1 Å². The first-order valence-electron chi connectivity index (χ1n) is 3.51. The highest BCUT2D eigenvalue weighted by Gasteiger charge is 2.35. The molecule has 2 rings (SSSR count). The van der Waals surface area contributed by atoms with Crippen LogP contribution in [0.1, 0.15) is 19.3 Å². The summed E-state index contributed by atoms with van der Waals surface area (Å²) in [4.78, 5) is 0. The van der Waals surface area contributed by atoms with Crippen molar-refractivity contribution in [1.29, 1.82) is 0 Å². The molecule has 0 aromatic heterocycles. The van der Waals surface area contributed by atoms with Crippen molar-refractivity contribution in [2.75, 3.05) is 0 Å². The van der Waals surface area contributed by atoms with Crippen LogP contribution in [0, 0.1) is 5.92 Å². The van der Waals surface area contributed by atoms with Gasteiger partial charge in [-0.3, -0.25) is 5.43 Å². The Bertz CT molecular complexity index is 114. The van der Waals surface area contributed by atoms with Crippen LogP contribution in [0.15, 0.2) is 0 Å². The van der Waals surface area contributed by atoms with Gasteiger partial charge in [0.1, 0.15) is 0 Å². The number of hydrazine groups is 1. The van der Waals surface area contributed by atoms with Crippen LogP contribution in [0.4, 0.5) is 0 Å². The van der Waals surface area contributed by atoms with Crippen LogP contribution in [0.25, 0.3) is 0 Å². The molecule has 9 heavy (non-hydrogen) atoms. The highest BCUT2D eigenvalue weighted by Crippen LogP contribution is 2.36. The lowest BCUT2D eigenvalue weighted by molar-refractivity contribution is 0.503. The molecule has 0 spiro atoms. The van der Waals surface area contributed by atoms with Crippen LogP contribution in [0.3, 0.4) is 0 Å². The first-order chi connectivity index (χ1) is 4.36. The van der Waals surface area contributed by atoms with Gasteiger partial charge >= 0.3 is 0 Å². The lowest BCUT2D eigenvalue weighted by Crippen LogP contribution is -2.32. The number of rotatable bonds is 1. The van der Waals surface area contributed by atoms with Crippen LogP contribution in [-0.2, 0) is 0 Å². The standard InChI is InChI=1S/C6H11IN2/c7-6-3-5(8-9-6)4-1-2-4/h4-6,8-9H,1-3H2. The Morgan fingerprint density at radius 2 is 2.00 bits per heavy atom. The summed E-state index contributed by atoms with van der Waals surface area (Å²) in [6.07, 6.45) is 4.20. The predicted molar refractivity (Wildman–Crippen MR) is 45.2 cm³/mol. The van der Waals surface area contributed by atoms with Gasteiger partial charge < -0.3 is 0 Å². The van der Waals surface area contributed by atoms with E-state index in [4.69, 9.17) is 0 Å². The predicted octanol–water partition coefficient (Wildman–Crippen LogP) is 1.02. The molecule has 1 heterocycles. The SMILES string of the molecule is IC1CC(C2CC2)NN1. The molecule has 0 aromatic rings. The Morgan fingerprint density at radius 3 is 2.44 bits per heavy atom. The maximum atomic E-state index is 3.31. The highest BCUT2D eigenvalue weighted by atomic mass is 127. The van der Waals surface area contributed by atoms with Crippen molar-refractivity contribution in [2.45, 2.75) is 29.4 Å². The van der Waals surface area contributed by atoms with Gasteiger partial charge in [-0.25, -0.2) is 5.43 Å². The molecule has 1 aliphatic heterocycles. The van der Waals surface area contributed by atoms with E-state index in [1.165, 1.54) is 19.3 Å². The topological polar surface area (TPSA) is 24.1 Å². The summed E-state index contributed by atoms with van der Waals surface area (Å²) in [6, 6.07) is 0.784. The maximum Gasteiger partial charge on any atom is 0.0742 e. The summed E-state index contributed by atoms with van der Waals surface area (Å²) < 4.78 is 0.660. The first kappa shape index (κ1) is 6.37. The average Bonchev–Trinajstić information content (AvgIpc) is 2.58. The molecular weight excluding hydrogens is 227 g/mol. The van der Waals surface area contributed by atoms with E-state index in [1.54, 1.807) is 0 Å². The van der Waals surface area contributed by atoms with Gasteiger partial charge in [-0.15, -0.1) is 0 Å². The molecule has 52 valence electrons. The number of alkyl halides is 1. The molecule has 2 aliphatic rings. The average molecular weight is 238 g/mol. The number of nitrogens with one attached hydrogen (secondary N) is 2. The molecule has 1 aliphatic carbocycles. The minimum absolute atomic E-state index is 0.660. The molecule has 2 N–H and O–H groups in total. The molecule has 0 bridgehead atoms. The minimum atomic E-state index is 0.660. The Labute approximate surface area is 68.9 Å². The lowest BCUT2D eigenvalue weighted by Gasteiger charge is -2.03. The van der Waals surface area contributed by atoms with E-state index in [0.717, 1.165) is 12.0 Å². The van der Waals surface area contributed by atoms with Crippen LogP contribution >= 0.6 is 22.6 Å². The molecule has 0 radical (unpaired) electrons. The minimum Gasteiger partial charge on any atom is -0.253 e. The molecule has 2 fully saturated rings. The second kappa shape index (κ2) is 2.36. The number of halogens is 1. The van der Waals surface area contributed by atoms with Crippen molar-refractivity contribution in [3.05, 3.63) is 0 Å². The zero-order valence-electron chi connectivity index (χ0n) is 5.23. The van der Waals surface area contributed by atoms with Crippen LogP contribution < -0.4 is 10.9 Å². The van der Waals surface area contributed by atoms with E-state index in [9.17, 15) is 0 Å². The van der Waals surface area contributed by atoms with Crippen molar-refractivity contribution < 1.29 is 0 Å². The van der Waals surface area contributed by atoms with Gasteiger partial charge in [0.2, 0.25) is 0 Å². The monoisotopic (exact) mass is 238 g/mol. The van der Waals surface area contributed by atoms with Crippen molar-refractivity contribution in [3.63, 3.8) is 0 Å². The Morgan fingerprint density at radius 1 is 1.22 bits per heavy atom. The van der Waals surface area contributed by atoms with Gasteiger partial charge in [0.05, 0.1) is 4.05 Å². The van der Waals surface area contributed by atoms with E-state index in [2.05, 4.69) is 33.4 Å². The van der Waals surface area contributed by atoms with Gasteiger partial charge in [-0.1, -0.05) is 22.6 Å². The summed E-state index contributed by atoms with van der Waals surface area (Å²) in [5.74, 6) is 0.997. The van der Waals surface area contributed by atoms with E-state index < -0.39 is 0 Å². The zero-order chi connectivity index (χ0) is 6.27. The van der Waals surface area contributed by atoms with Crippen LogP contribution in [0.5, 0.6) is 0 Å². The molecule has 3 heteroatoms. The first-order valence-corrected chi connectivity index (χ1v) is 4.76. The van der Waals surface area contributed by atoms with Crippen molar-refractivity contribution in [3.8, 4) is 0 Å². The molecule has 0 amide bonds. The smallest absolute Gasteiger partial charge is 0.0742 e. The summed E-state index contributed by atoms with van der Waals surface area (Å²) in [5.41, 5.74) is 6.54. The third-order valence-corrected chi connectivity index (χ3v) is 2.90. The van der Waals surface area contributed by atoms with Crippen LogP contribution in [0.2, 0.25) is 0 Å². The molecular formula is C6H11IN2. The number of hydrogen-bond donors (Lipinski definition) is 2. The van der Waals surface area contributed by atoms with E-state index in [0.29, 0.717) is 4.05 Å². The molecule has 2 unspecified atom stereocenters. The fourth-order valence-corrected chi connectivity index (χ4v) is 2.07. The Balaban J connectivity index is 1.86. The summed E-state index contributed by atoms with van der Waals surface area (Å²) in [6.45, 7) is 0. The van der Waals surface area contributed by atoms with E-state index in [-0.39, 0.29) is 0 Å². The molecule has 2 nitrogen and oxygen atoms in total. The molecule has 1 saturated carbocycles. The fraction of sp³-hybridized carbons (Fsp3) is 1.00. The second-order valence-corrected chi connectivity index (χ2v) is 4.44. The van der Waals surface area contributed by atoms with Crippen molar-refractivity contribution in [1.82, 2.24) is 10.9 Å². The number of hydrogen-bond acceptors (Lipinski definition) is 2. The Kier molecular flexibility index (Phi) is 1.67. The summed E-state index contributed by atoms with van der Waals surface area (Å²) in [5, 5.41) is 0. The molecule has 2 atom stereocenters. The third-order valence-electron chi connectivity index (χ3n) is 2.08. The van der Waals surface area contributed by atoms with Gasteiger partial charge in [-0.05, 0) is 25.2 Å². The summed E-state index contributed by atoms with van der Waals surface area (Å²) in [7, 11) is 0.